The lowest BCUT2D eigenvalue weighted by molar-refractivity contribution is 0.303. The molecule has 0 N–H and O–H groups in total. The maximum Gasteiger partial charge on any atom is 0.294 e. The fraction of sp³-hybridized carbons (Fsp3) is 0.200. The van der Waals surface area contributed by atoms with Crippen molar-refractivity contribution < 1.29 is 8.95 Å². The molecule has 0 saturated carbocycles. The van der Waals surface area contributed by atoms with Gasteiger partial charge in [-0.3, -0.25) is 4.21 Å². The largest absolute Gasteiger partial charge is 0.464 e. The molecule has 0 radical (unpaired) electrons. The first-order chi connectivity index (χ1) is 7.75. The predicted molar refractivity (Wildman–Crippen MR) is 63.0 cm³/mol. The highest BCUT2D eigenvalue weighted by molar-refractivity contribution is 7.84. The van der Waals surface area contributed by atoms with Crippen molar-refractivity contribution in [2.45, 2.75) is 11.8 Å². The van der Waals surface area contributed by atoms with Crippen molar-refractivity contribution >= 4 is 22.3 Å². The molecule has 16 heavy (non-hydrogen) atoms. The molecule has 0 aliphatic heterocycles. The molecule has 2 aromatic rings. The maximum atomic E-state index is 11.1. The first-order valence-corrected chi connectivity index (χ1v) is 6.93. The third-order valence-electron chi connectivity index (χ3n) is 1.85. The average Bonchev–Trinajstić information content (AvgIpc) is 2.76. The number of benzene rings is 1. The van der Waals surface area contributed by atoms with Gasteiger partial charge in [0.15, 0.2) is 0 Å². The van der Waals surface area contributed by atoms with Gasteiger partial charge in [0.05, 0.1) is 10.8 Å². The Hall–Kier alpha value is -1.27. The Morgan fingerprint density at radius 2 is 2.12 bits per heavy atom. The highest BCUT2D eigenvalue weighted by Crippen LogP contribution is 2.17. The molecule has 0 amide bonds. The molecule has 1 atom stereocenters. The van der Waals surface area contributed by atoms with Crippen LogP contribution in [0, 0.1) is 0 Å². The Kier molecular flexibility index (Phi) is 3.63. The predicted octanol–water partition coefficient (Wildman–Crippen LogP) is 1.85. The molecule has 0 aliphatic carbocycles. The summed E-state index contributed by atoms with van der Waals surface area (Å²) in [5.41, 5.74) is 1.07. The normalized spacial score (nSPS) is 12.3. The summed E-state index contributed by atoms with van der Waals surface area (Å²) in [5.74, 6) is 0. The third-order valence-corrected chi connectivity index (χ3v) is 3.29. The molecular formula is C10H10N2O2S2. The van der Waals surface area contributed by atoms with E-state index in [2.05, 4.69) is 9.36 Å². The van der Waals surface area contributed by atoms with E-state index in [9.17, 15) is 4.21 Å². The first-order valence-electron chi connectivity index (χ1n) is 4.59. The highest BCUT2D eigenvalue weighted by Gasteiger charge is 2.07. The summed E-state index contributed by atoms with van der Waals surface area (Å²) in [6.07, 6.45) is 1.54. The second-order valence-corrected chi connectivity index (χ2v) is 5.06. The monoisotopic (exact) mass is 254 g/mol. The van der Waals surface area contributed by atoms with Gasteiger partial charge < -0.3 is 4.74 Å². The fourth-order valence-corrected chi connectivity index (χ4v) is 2.33. The van der Waals surface area contributed by atoms with Crippen LogP contribution >= 0.6 is 11.5 Å². The van der Waals surface area contributed by atoms with Crippen molar-refractivity contribution in [3.63, 3.8) is 0 Å². The number of aromatic nitrogens is 2. The van der Waals surface area contributed by atoms with E-state index in [1.54, 1.807) is 6.26 Å². The molecule has 0 saturated heterocycles. The highest BCUT2D eigenvalue weighted by atomic mass is 32.2. The quantitative estimate of drug-likeness (QED) is 0.835. The van der Waals surface area contributed by atoms with Crippen molar-refractivity contribution in [2.24, 2.45) is 0 Å². The number of hydrogen-bond acceptors (Lipinski definition) is 5. The van der Waals surface area contributed by atoms with Crippen LogP contribution in [-0.4, -0.2) is 19.8 Å². The molecule has 4 nitrogen and oxygen atoms in total. The molecule has 1 aromatic heterocycles. The van der Waals surface area contributed by atoms with E-state index in [1.807, 2.05) is 30.3 Å². The lowest BCUT2D eigenvalue weighted by Gasteiger charge is -2.00. The van der Waals surface area contributed by atoms with Gasteiger partial charge in [-0.2, -0.15) is 9.36 Å². The number of nitrogens with zero attached hydrogens (tertiary/aromatic N) is 2. The zero-order valence-electron chi connectivity index (χ0n) is 8.62. The number of rotatable bonds is 4. The number of hydrogen-bond donors (Lipinski definition) is 0. The summed E-state index contributed by atoms with van der Waals surface area (Å²) < 4.78 is 20.4. The van der Waals surface area contributed by atoms with Crippen LogP contribution in [0.25, 0.3) is 0 Å². The molecule has 84 valence electrons. The van der Waals surface area contributed by atoms with Gasteiger partial charge in [-0.1, -0.05) is 30.3 Å². The molecule has 0 aliphatic rings. The summed E-state index contributed by atoms with van der Waals surface area (Å²) in [7, 11) is -1.15. The minimum atomic E-state index is -1.15. The van der Waals surface area contributed by atoms with Crippen molar-refractivity contribution in [1.29, 1.82) is 0 Å². The van der Waals surface area contributed by atoms with Gasteiger partial charge in [0.25, 0.3) is 5.19 Å². The lowest BCUT2D eigenvalue weighted by Crippen LogP contribution is -1.95. The molecule has 2 rings (SSSR count). The van der Waals surface area contributed by atoms with Crippen LogP contribution in [0.4, 0.5) is 0 Å². The van der Waals surface area contributed by atoms with Crippen LogP contribution in [0.3, 0.4) is 0 Å². The molecule has 0 bridgehead atoms. The average molecular weight is 254 g/mol. The summed E-state index contributed by atoms with van der Waals surface area (Å²) >= 11 is 1.12. The van der Waals surface area contributed by atoms with Crippen LogP contribution in [0.5, 0.6) is 5.19 Å². The Morgan fingerprint density at radius 1 is 1.38 bits per heavy atom. The van der Waals surface area contributed by atoms with Gasteiger partial charge in [-0.25, -0.2) is 0 Å². The Morgan fingerprint density at radius 3 is 2.75 bits per heavy atom. The molecule has 0 fully saturated rings. The van der Waals surface area contributed by atoms with Crippen LogP contribution < -0.4 is 4.74 Å². The fourth-order valence-electron chi connectivity index (χ4n) is 1.09. The van der Waals surface area contributed by atoms with Gasteiger partial charge in [0.1, 0.15) is 6.61 Å². The second kappa shape index (κ2) is 5.18. The molecular weight excluding hydrogens is 244 g/mol. The molecule has 1 heterocycles. The Balaban J connectivity index is 1.97. The van der Waals surface area contributed by atoms with Crippen molar-refractivity contribution in [1.82, 2.24) is 9.36 Å². The van der Waals surface area contributed by atoms with Crippen LogP contribution in [-0.2, 0) is 17.4 Å². The second-order valence-electron chi connectivity index (χ2n) is 3.07. The summed E-state index contributed by atoms with van der Waals surface area (Å²) in [6, 6.07) is 9.79. The Labute approximate surface area is 99.9 Å². The minimum Gasteiger partial charge on any atom is -0.464 e. The van der Waals surface area contributed by atoms with E-state index in [4.69, 9.17) is 4.74 Å². The smallest absolute Gasteiger partial charge is 0.294 e. The maximum absolute atomic E-state index is 11.1. The number of ether oxygens (including phenoxy) is 1. The van der Waals surface area contributed by atoms with Gasteiger partial charge in [-0.15, -0.1) is 0 Å². The van der Waals surface area contributed by atoms with Crippen molar-refractivity contribution in [2.75, 3.05) is 6.26 Å². The first kappa shape index (κ1) is 11.2. The SMILES string of the molecule is CS(=O)c1nsc(OCc2ccccc2)n1. The van der Waals surface area contributed by atoms with Gasteiger partial charge >= 0.3 is 0 Å². The summed E-state index contributed by atoms with van der Waals surface area (Å²) in [6.45, 7) is 0.450. The van der Waals surface area contributed by atoms with E-state index in [0.29, 0.717) is 17.0 Å². The molecule has 6 heteroatoms. The lowest BCUT2D eigenvalue weighted by atomic mass is 10.2. The van der Waals surface area contributed by atoms with Crippen LogP contribution in [0.15, 0.2) is 35.5 Å². The van der Waals surface area contributed by atoms with E-state index >= 15 is 0 Å². The van der Waals surface area contributed by atoms with Crippen molar-refractivity contribution in [3.8, 4) is 5.19 Å². The van der Waals surface area contributed by atoms with E-state index in [-0.39, 0.29) is 0 Å². The molecule has 1 unspecified atom stereocenters. The summed E-state index contributed by atoms with van der Waals surface area (Å²) in [5, 5.41) is 0.780. The van der Waals surface area contributed by atoms with Gasteiger partial charge in [-0.05, 0) is 5.56 Å². The standard InChI is InChI=1S/C10H10N2O2S2/c1-16(13)9-11-10(15-12-9)14-7-8-5-3-2-4-6-8/h2-6H,7H2,1H3. The topological polar surface area (TPSA) is 52.1 Å². The van der Waals surface area contributed by atoms with Crippen molar-refractivity contribution in [3.05, 3.63) is 35.9 Å². The van der Waals surface area contributed by atoms with Gasteiger partial charge in [0, 0.05) is 17.8 Å². The molecule has 0 spiro atoms. The van der Waals surface area contributed by atoms with Crippen LogP contribution in [0.1, 0.15) is 5.56 Å². The summed E-state index contributed by atoms with van der Waals surface area (Å²) in [4.78, 5) is 4.01. The van der Waals surface area contributed by atoms with Gasteiger partial charge in [0.2, 0.25) is 5.16 Å². The molecule has 1 aromatic carbocycles. The zero-order valence-corrected chi connectivity index (χ0v) is 10.3. The Bertz CT molecular complexity index is 485. The zero-order chi connectivity index (χ0) is 11.4. The van der Waals surface area contributed by atoms with Crippen LogP contribution in [0.2, 0.25) is 0 Å². The minimum absolute atomic E-state index is 0.327. The van der Waals surface area contributed by atoms with E-state index in [1.165, 1.54) is 0 Å². The van der Waals surface area contributed by atoms with E-state index < -0.39 is 10.8 Å². The van der Waals surface area contributed by atoms with E-state index in [0.717, 1.165) is 17.1 Å². The third kappa shape index (κ3) is 2.86.